The van der Waals surface area contributed by atoms with Crippen molar-refractivity contribution in [1.29, 1.82) is 0 Å². The molecule has 0 spiro atoms. The molecule has 0 bridgehead atoms. The number of carbonyl (C=O) groups is 1. The normalized spacial score (nSPS) is 17.9. The molecule has 6 heteroatoms. The van der Waals surface area contributed by atoms with Gasteiger partial charge in [0.2, 0.25) is 5.91 Å². The summed E-state index contributed by atoms with van der Waals surface area (Å²) in [5.41, 5.74) is 4.78. The van der Waals surface area contributed by atoms with Gasteiger partial charge in [-0.25, -0.2) is 4.39 Å². The topological polar surface area (TPSA) is 53.0 Å². The molecule has 0 saturated carbocycles. The fourth-order valence-electron chi connectivity index (χ4n) is 5.24. The predicted octanol–water partition coefficient (Wildman–Crippen LogP) is 5.38. The van der Waals surface area contributed by atoms with Crippen LogP contribution in [0.25, 0.3) is 5.57 Å². The van der Waals surface area contributed by atoms with Gasteiger partial charge >= 0.3 is 0 Å². The summed E-state index contributed by atoms with van der Waals surface area (Å²) in [4.78, 5) is 16.1. The van der Waals surface area contributed by atoms with E-state index < -0.39 is 5.60 Å². The van der Waals surface area contributed by atoms with Crippen molar-refractivity contribution in [2.45, 2.75) is 58.0 Å². The van der Waals surface area contributed by atoms with Gasteiger partial charge in [-0.05, 0) is 92.0 Å². The van der Waals surface area contributed by atoms with Crippen LogP contribution in [0.1, 0.15) is 62.6 Å². The van der Waals surface area contributed by atoms with Crippen LogP contribution < -0.4 is 4.74 Å². The summed E-state index contributed by atoms with van der Waals surface area (Å²) >= 11 is 0. The molecule has 0 fully saturated rings. The second-order valence-corrected chi connectivity index (χ2v) is 10.7. The Morgan fingerprint density at radius 2 is 1.94 bits per heavy atom. The standard InChI is InChI=1S/C29H37FN2O3/c1-19(7-6-8-20-9-11-22(30)12-10-20)21-15-25(33)28-23-17-32(18-27(34)31(4)5)14-13-24(23)29(2,3)35-26(28)16-21/h9-12,15-16,19,33H,6-8,13-14,17-18H2,1-5H3. The second kappa shape index (κ2) is 10.0. The zero-order valence-electron chi connectivity index (χ0n) is 21.5. The highest BCUT2D eigenvalue weighted by atomic mass is 19.1. The Bertz CT molecular complexity index is 1120. The molecule has 1 N–H and O–H groups in total. The first-order valence-electron chi connectivity index (χ1n) is 12.5. The van der Waals surface area contributed by atoms with E-state index in [1.807, 2.05) is 18.2 Å². The number of halogens is 1. The molecule has 1 atom stereocenters. The minimum absolute atomic E-state index is 0.0784. The van der Waals surface area contributed by atoms with Crippen molar-refractivity contribution in [3.63, 3.8) is 0 Å². The molecule has 0 aromatic heterocycles. The van der Waals surface area contributed by atoms with Crippen molar-refractivity contribution in [3.05, 3.63) is 64.5 Å². The van der Waals surface area contributed by atoms with Crippen LogP contribution in [0, 0.1) is 5.82 Å². The Labute approximate surface area is 208 Å². The number of benzene rings is 2. The van der Waals surface area contributed by atoms with Crippen molar-refractivity contribution >= 4 is 11.5 Å². The number of hydrogen-bond acceptors (Lipinski definition) is 4. The maximum absolute atomic E-state index is 13.1. The van der Waals surface area contributed by atoms with E-state index in [1.165, 1.54) is 17.7 Å². The number of fused-ring (bicyclic) bond motifs is 2. The molecule has 1 unspecified atom stereocenters. The Morgan fingerprint density at radius 3 is 2.63 bits per heavy atom. The molecule has 4 rings (SSSR count). The highest BCUT2D eigenvalue weighted by Gasteiger charge is 2.39. The number of ether oxygens (including phenoxy) is 1. The lowest BCUT2D eigenvalue weighted by Crippen LogP contribution is -2.45. The van der Waals surface area contributed by atoms with Crippen LogP contribution in [0.3, 0.4) is 0 Å². The van der Waals surface area contributed by atoms with Gasteiger partial charge in [-0.3, -0.25) is 9.69 Å². The van der Waals surface area contributed by atoms with Crippen LogP contribution in [0.5, 0.6) is 11.5 Å². The minimum Gasteiger partial charge on any atom is -0.507 e. The SMILES string of the molecule is CC(CCCc1ccc(F)cc1)c1cc(O)c2c(c1)OC(C)(C)C1=C2CN(CC(=O)N(C)C)CC1. The molecule has 0 radical (unpaired) electrons. The van der Waals surface area contributed by atoms with Crippen LogP contribution in [0.15, 0.2) is 42.0 Å². The molecule has 2 aliphatic heterocycles. The van der Waals surface area contributed by atoms with Crippen LogP contribution in [0.4, 0.5) is 4.39 Å². The lowest BCUT2D eigenvalue weighted by atomic mass is 9.80. The number of nitrogens with zero attached hydrogens (tertiary/aromatic N) is 2. The first-order valence-corrected chi connectivity index (χ1v) is 12.5. The molecule has 2 aromatic carbocycles. The largest absolute Gasteiger partial charge is 0.507 e. The van der Waals surface area contributed by atoms with Crippen molar-refractivity contribution < 1.29 is 19.0 Å². The third-order valence-electron chi connectivity index (χ3n) is 7.36. The first-order chi connectivity index (χ1) is 16.5. The van der Waals surface area contributed by atoms with Crippen molar-refractivity contribution in [2.75, 3.05) is 33.7 Å². The maximum Gasteiger partial charge on any atom is 0.236 e. The van der Waals surface area contributed by atoms with Gasteiger partial charge in [-0.15, -0.1) is 0 Å². The summed E-state index contributed by atoms with van der Waals surface area (Å²) in [5, 5.41) is 11.1. The van der Waals surface area contributed by atoms with Crippen molar-refractivity contribution in [2.24, 2.45) is 0 Å². The Hall–Kier alpha value is -2.86. The van der Waals surface area contributed by atoms with Crippen molar-refractivity contribution in [1.82, 2.24) is 9.80 Å². The number of phenolic OH excluding ortho intramolecular Hbond substituents is 1. The quantitative estimate of drug-likeness (QED) is 0.578. The average Bonchev–Trinajstić information content (AvgIpc) is 2.79. The number of aromatic hydroxyl groups is 1. The monoisotopic (exact) mass is 480 g/mol. The number of aryl methyl sites for hydroxylation is 1. The third kappa shape index (κ3) is 5.53. The number of carbonyl (C=O) groups excluding carboxylic acids is 1. The van der Waals surface area contributed by atoms with Gasteiger partial charge in [0.1, 0.15) is 22.9 Å². The molecule has 5 nitrogen and oxygen atoms in total. The average molecular weight is 481 g/mol. The molecule has 35 heavy (non-hydrogen) atoms. The Kier molecular flexibility index (Phi) is 7.22. The van der Waals surface area contributed by atoms with Gasteiger partial charge in [-0.1, -0.05) is 19.1 Å². The fraction of sp³-hybridized carbons (Fsp3) is 0.483. The van der Waals surface area contributed by atoms with E-state index in [-0.39, 0.29) is 23.4 Å². The molecule has 1 amide bonds. The maximum atomic E-state index is 13.1. The number of hydrogen-bond donors (Lipinski definition) is 1. The predicted molar refractivity (Wildman–Crippen MR) is 137 cm³/mol. The lowest BCUT2D eigenvalue weighted by Gasteiger charge is -2.42. The number of rotatable bonds is 7. The zero-order chi connectivity index (χ0) is 25.3. The number of likely N-dealkylation sites (N-methyl/N-ethyl adjacent to an activating group) is 1. The molecule has 0 saturated heterocycles. The van der Waals surface area contributed by atoms with E-state index in [0.29, 0.717) is 13.1 Å². The molecular weight excluding hydrogens is 443 g/mol. The van der Waals surface area contributed by atoms with Gasteiger partial charge in [0, 0.05) is 27.2 Å². The van der Waals surface area contributed by atoms with Gasteiger partial charge < -0.3 is 14.7 Å². The summed E-state index contributed by atoms with van der Waals surface area (Å²) in [7, 11) is 3.55. The molecule has 188 valence electrons. The fourth-order valence-corrected chi connectivity index (χ4v) is 5.24. The van der Waals surface area contributed by atoms with Crippen LogP contribution >= 0.6 is 0 Å². The Morgan fingerprint density at radius 1 is 1.23 bits per heavy atom. The van der Waals surface area contributed by atoms with Gasteiger partial charge in [-0.2, -0.15) is 0 Å². The second-order valence-electron chi connectivity index (χ2n) is 10.7. The van der Waals surface area contributed by atoms with Gasteiger partial charge in [0.15, 0.2) is 0 Å². The van der Waals surface area contributed by atoms with Gasteiger partial charge in [0.25, 0.3) is 0 Å². The molecule has 2 heterocycles. The minimum atomic E-state index is -0.461. The third-order valence-corrected chi connectivity index (χ3v) is 7.36. The summed E-state index contributed by atoms with van der Waals surface area (Å²) in [6, 6.07) is 10.6. The summed E-state index contributed by atoms with van der Waals surface area (Å²) in [6.45, 7) is 8.12. The molecule has 2 aliphatic rings. The highest BCUT2D eigenvalue weighted by Crippen LogP contribution is 2.49. The van der Waals surface area contributed by atoms with E-state index in [4.69, 9.17) is 4.74 Å². The highest BCUT2D eigenvalue weighted by molar-refractivity contribution is 5.83. The molecule has 2 aromatic rings. The summed E-state index contributed by atoms with van der Waals surface area (Å²) in [6.07, 6.45) is 3.63. The lowest BCUT2D eigenvalue weighted by molar-refractivity contribution is -0.129. The summed E-state index contributed by atoms with van der Waals surface area (Å²) in [5.74, 6) is 1.07. The molecule has 0 aliphatic carbocycles. The van der Waals surface area contributed by atoms with Crippen LogP contribution in [-0.2, 0) is 11.2 Å². The van der Waals surface area contributed by atoms with Gasteiger partial charge in [0.05, 0.1) is 12.1 Å². The van der Waals surface area contributed by atoms with E-state index in [1.54, 1.807) is 19.0 Å². The first kappa shape index (κ1) is 25.2. The summed E-state index contributed by atoms with van der Waals surface area (Å²) < 4.78 is 19.6. The smallest absolute Gasteiger partial charge is 0.236 e. The van der Waals surface area contributed by atoms with Crippen LogP contribution in [-0.4, -0.2) is 60.1 Å². The van der Waals surface area contributed by atoms with E-state index in [2.05, 4.69) is 31.7 Å². The van der Waals surface area contributed by atoms with Crippen LogP contribution in [0.2, 0.25) is 0 Å². The number of phenols is 1. The number of amides is 1. The molecular formula is C29H37FN2O3. The Balaban J connectivity index is 1.52. The van der Waals surface area contributed by atoms with E-state index in [0.717, 1.165) is 60.2 Å². The van der Waals surface area contributed by atoms with E-state index in [9.17, 15) is 14.3 Å². The zero-order valence-corrected chi connectivity index (χ0v) is 21.5. The van der Waals surface area contributed by atoms with Crippen molar-refractivity contribution in [3.8, 4) is 11.5 Å². The van der Waals surface area contributed by atoms with E-state index >= 15 is 0 Å².